The number of fused-ring (bicyclic) bond motifs is 10. The normalized spacial score (nSPS) is 20.7. The Labute approximate surface area is 666 Å². The molecule has 4 nitrogen and oxygen atoms in total. The first-order valence-corrected chi connectivity index (χ1v) is 42.6. The van der Waals surface area contributed by atoms with E-state index in [0.717, 1.165) is 64.2 Å². The second-order valence-corrected chi connectivity index (χ2v) is 33.7. The summed E-state index contributed by atoms with van der Waals surface area (Å²) in [4.78, 5) is 6.12. The van der Waals surface area contributed by atoms with Crippen LogP contribution in [0.5, 0.6) is 0 Å². The zero-order valence-corrected chi connectivity index (χ0v) is 64.7. The van der Waals surface area contributed by atoms with E-state index < -0.39 is 0 Å². The average molecular weight is 1460 g/mol. The van der Waals surface area contributed by atoms with Gasteiger partial charge in [-0.25, -0.2) is 0 Å². The molecule has 0 bridgehead atoms. The van der Waals surface area contributed by atoms with Crippen LogP contribution in [0.1, 0.15) is 116 Å². The maximum atomic E-state index is 3.06. The van der Waals surface area contributed by atoms with Gasteiger partial charge in [0.15, 0.2) is 0 Å². The van der Waals surface area contributed by atoms with Crippen LogP contribution in [0, 0.1) is 23.7 Å². The van der Waals surface area contributed by atoms with E-state index in [2.05, 4.69) is 341 Å². The third-order valence-corrected chi connectivity index (χ3v) is 27.5. The number of aromatic nitrogens is 2. The molecule has 550 valence electrons. The zero-order valence-electron chi connectivity index (χ0n) is 64.7. The van der Waals surface area contributed by atoms with Crippen molar-refractivity contribution in [2.75, 3.05) is 9.80 Å². The van der Waals surface area contributed by atoms with Gasteiger partial charge in [0.25, 0.3) is 6.71 Å². The first-order valence-electron chi connectivity index (χ1n) is 42.6. The molecule has 6 aliphatic carbocycles. The molecule has 12 aromatic carbocycles. The lowest BCUT2D eigenvalue weighted by Crippen LogP contribution is -2.65. The van der Waals surface area contributed by atoms with Crippen LogP contribution in [0.25, 0.3) is 111 Å². The number of benzene rings is 12. The molecule has 0 radical (unpaired) electrons. The molecule has 0 amide bonds. The van der Waals surface area contributed by atoms with Gasteiger partial charge in [0.1, 0.15) is 0 Å². The molecule has 6 unspecified atom stereocenters. The number of anilines is 4. The third kappa shape index (κ3) is 11.8. The third-order valence-electron chi connectivity index (χ3n) is 27.5. The Bertz CT molecular complexity index is 5690. The predicted molar refractivity (Wildman–Crippen MR) is 479 cm³/mol. The van der Waals surface area contributed by atoms with E-state index >= 15 is 0 Å². The van der Waals surface area contributed by atoms with E-state index in [-0.39, 0.29) is 18.8 Å². The lowest BCUT2D eigenvalue weighted by atomic mass is 9.33. The highest BCUT2D eigenvalue weighted by Crippen LogP contribution is 2.54. The smallest absolute Gasteiger partial charge is 0.252 e. The van der Waals surface area contributed by atoms with Gasteiger partial charge in [-0.3, -0.25) is 0 Å². The van der Waals surface area contributed by atoms with Gasteiger partial charge in [0.05, 0.1) is 34.2 Å². The number of rotatable bonds is 13. The Hall–Kier alpha value is -11.7. The Morgan fingerprint density at radius 1 is 0.274 bits per heavy atom. The van der Waals surface area contributed by atoms with Crippen molar-refractivity contribution < 1.29 is 0 Å². The molecule has 2 aromatic heterocycles. The SMILES string of the molecule is C1=CCC(C2=CCCC(C3=CCCCC3)C2N2c3cc(-n4c5ccc(-c6ccccc6)cc5c5cc(-c6ccccc6)ccc54)ccc3B3c4ccc(-n5c6ccc(-c7ccccc7)cc6c6cc(-c7ccccc7)ccc65)cc4N(C4C(C5CC=CCC5)=CCCC4C4=CCCCC4)c4cc(-c5ccccc5)cc2c43)CC1. The van der Waals surface area contributed by atoms with Crippen LogP contribution < -0.4 is 26.2 Å². The van der Waals surface area contributed by atoms with Gasteiger partial charge in [-0.2, -0.15) is 0 Å². The lowest BCUT2D eigenvalue weighted by molar-refractivity contribution is 0.391. The summed E-state index contributed by atoms with van der Waals surface area (Å²) < 4.78 is 5.27. The van der Waals surface area contributed by atoms with Gasteiger partial charge in [0.2, 0.25) is 0 Å². The molecule has 0 saturated heterocycles. The van der Waals surface area contributed by atoms with Crippen molar-refractivity contribution in [2.45, 2.75) is 128 Å². The highest BCUT2D eigenvalue weighted by Gasteiger charge is 2.51. The van der Waals surface area contributed by atoms with Gasteiger partial charge in [-0.15, -0.1) is 0 Å². The molecular formula is C108H95BN4. The summed E-state index contributed by atoms with van der Waals surface area (Å²) in [7, 11) is 0. The predicted octanol–water partition coefficient (Wildman–Crippen LogP) is 26.8. The molecule has 0 N–H and O–H groups in total. The van der Waals surface area contributed by atoms with Crippen molar-refractivity contribution in [2.24, 2.45) is 23.7 Å². The zero-order chi connectivity index (χ0) is 74.5. The van der Waals surface area contributed by atoms with Crippen LogP contribution in [0.4, 0.5) is 22.7 Å². The van der Waals surface area contributed by atoms with Gasteiger partial charge in [-0.1, -0.05) is 248 Å². The van der Waals surface area contributed by atoms with Gasteiger partial charge < -0.3 is 18.9 Å². The first kappa shape index (κ1) is 68.2. The van der Waals surface area contributed by atoms with Crippen LogP contribution in [0.2, 0.25) is 0 Å². The first-order chi connectivity index (χ1) is 56.1. The summed E-state index contributed by atoms with van der Waals surface area (Å²) in [5, 5.41) is 5.05. The Morgan fingerprint density at radius 2 is 0.637 bits per heavy atom. The summed E-state index contributed by atoms with van der Waals surface area (Å²) in [5.41, 5.74) is 36.0. The number of nitrogens with zero attached hydrogens (tertiary/aromatic N) is 4. The molecule has 5 heteroatoms. The molecule has 0 fully saturated rings. The molecule has 0 spiro atoms. The molecule has 8 aliphatic rings. The standard InChI is InChI=1S/C108H95BN4/c1-10-30-72(31-11-1)81-52-60-98-92(64-81)93-65-82(73-32-12-2-13-33-73)53-61-99(93)110(98)86-56-58-96-102(70-86)112(107-88(77-40-20-6-21-41-77)48-28-49-89(107)78-42-22-7-23-43-78)104-68-85(76-38-18-5-19-39-76)69-105-106(104)109(96)97-59-57-87(71-103(97)113(105)108-90(79-44-24-8-25-45-79)50-29-51-91(108)80-46-26-9-27-47-80)111-100-62-54-83(74-34-14-3-15-35-74)66-94(100)95-67-84(55-63-101(95)111)75-36-16-4-17-37-75/h1-6,8,10-20,24,30-39,42,46,48,50,52-71,77,79,89,91,107-108H,7,9,21-23,25-29,40-41,43-45,47,49,51H2. The van der Waals surface area contributed by atoms with E-state index in [9.17, 15) is 0 Å². The van der Waals surface area contributed by atoms with Gasteiger partial charge >= 0.3 is 0 Å². The second kappa shape index (κ2) is 28.8. The number of allylic oxidation sites excluding steroid dienone is 8. The Kier molecular flexibility index (Phi) is 17.4. The summed E-state index contributed by atoms with van der Waals surface area (Å²) in [6.07, 6.45) is 42.0. The minimum atomic E-state index is -0.104. The van der Waals surface area contributed by atoms with E-state index in [0.29, 0.717) is 23.7 Å². The number of hydrogen-bond acceptors (Lipinski definition) is 2. The van der Waals surface area contributed by atoms with Crippen LogP contribution in [-0.2, 0) is 0 Å². The fourth-order valence-corrected chi connectivity index (χ4v) is 22.3. The molecule has 2 aliphatic heterocycles. The summed E-state index contributed by atoms with van der Waals surface area (Å²) in [6, 6.07) is 106. The van der Waals surface area contributed by atoms with Crippen LogP contribution in [0.15, 0.2) is 344 Å². The quantitative estimate of drug-likeness (QED) is 0.0845. The Balaban J connectivity index is 0.845. The van der Waals surface area contributed by atoms with Gasteiger partial charge in [0, 0.05) is 67.5 Å². The summed E-state index contributed by atoms with van der Waals surface area (Å²) in [6.45, 7) is -0.104. The van der Waals surface area contributed by atoms with E-state index in [1.807, 2.05) is 0 Å². The van der Waals surface area contributed by atoms with E-state index in [1.165, 1.54) is 201 Å². The van der Waals surface area contributed by atoms with Crippen molar-refractivity contribution in [1.82, 2.24) is 9.13 Å². The topological polar surface area (TPSA) is 16.3 Å². The Morgan fingerprint density at radius 3 is 0.973 bits per heavy atom. The van der Waals surface area contributed by atoms with Crippen LogP contribution in [0.3, 0.4) is 0 Å². The second-order valence-electron chi connectivity index (χ2n) is 33.7. The largest absolute Gasteiger partial charge is 0.334 e. The van der Waals surface area contributed by atoms with Crippen molar-refractivity contribution in [1.29, 1.82) is 0 Å². The van der Waals surface area contributed by atoms with E-state index in [4.69, 9.17) is 0 Å². The van der Waals surface area contributed by atoms with Crippen LogP contribution >= 0.6 is 0 Å². The fourth-order valence-electron chi connectivity index (χ4n) is 22.3. The lowest BCUT2D eigenvalue weighted by Gasteiger charge is -2.53. The average Bonchev–Trinajstić information content (AvgIpc) is 0.980. The van der Waals surface area contributed by atoms with Gasteiger partial charge in [-0.05, 0) is 296 Å². The molecule has 6 atom stereocenters. The minimum Gasteiger partial charge on any atom is -0.334 e. The number of hydrogen-bond donors (Lipinski definition) is 0. The van der Waals surface area contributed by atoms with Crippen molar-refractivity contribution in [3.8, 4) is 67.0 Å². The van der Waals surface area contributed by atoms with E-state index in [1.54, 1.807) is 22.3 Å². The fraction of sp³-hybridized carbons (Fsp3) is 0.222. The highest BCUT2D eigenvalue weighted by molar-refractivity contribution is 7.00. The molecular weight excluding hydrogens is 1360 g/mol. The highest BCUT2D eigenvalue weighted by atomic mass is 15.2. The maximum Gasteiger partial charge on any atom is 0.252 e. The molecule has 14 aromatic rings. The maximum absolute atomic E-state index is 3.06. The van der Waals surface area contributed by atoms with Crippen molar-refractivity contribution >= 4 is 89.5 Å². The summed E-state index contributed by atoms with van der Waals surface area (Å²) in [5.74, 6) is 1.57. The van der Waals surface area contributed by atoms with Crippen molar-refractivity contribution in [3.05, 3.63) is 344 Å². The van der Waals surface area contributed by atoms with Crippen molar-refractivity contribution in [3.63, 3.8) is 0 Å². The molecule has 0 saturated carbocycles. The summed E-state index contributed by atoms with van der Waals surface area (Å²) >= 11 is 0. The molecule has 113 heavy (non-hydrogen) atoms. The molecule has 4 heterocycles. The minimum absolute atomic E-state index is 0.0892. The monoisotopic (exact) mass is 1460 g/mol. The molecule has 22 rings (SSSR count). The van der Waals surface area contributed by atoms with Crippen LogP contribution in [-0.4, -0.2) is 27.9 Å².